The smallest absolute Gasteiger partial charge is 0.162 e. The largest absolute Gasteiger partial charge is 0.490 e. The lowest BCUT2D eigenvalue weighted by atomic mass is 9.93. The van der Waals surface area contributed by atoms with Gasteiger partial charge in [-0.3, -0.25) is 0 Å². The van der Waals surface area contributed by atoms with Crippen LogP contribution >= 0.6 is 0 Å². The minimum absolute atomic E-state index is 0.0547. The second-order valence-corrected chi connectivity index (χ2v) is 8.62. The Morgan fingerprint density at radius 3 is 2.52 bits per heavy atom. The average molecular weight is 392 g/mol. The predicted octanol–water partition coefficient (Wildman–Crippen LogP) is 5.46. The number of hydrogen-bond acceptors (Lipinski definition) is 4. The molecule has 1 saturated carbocycles. The molecule has 3 aliphatic rings. The van der Waals surface area contributed by atoms with E-state index in [9.17, 15) is 0 Å². The average Bonchev–Trinajstić information content (AvgIpc) is 3.47. The first-order valence-corrected chi connectivity index (χ1v) is 11.0. The Hall–Kier alpha value is -2.49. The summed E-state index contributed by atoms with van der Waals surface area (Å²) in [6.07, 6.45) is 8.61. The van der Waals surface area contributed by atoms with Gasteiger partial charge in [-0.1, -0.05) is 36.3 Å². The van der Waals surface area contributed by atoms with E-state index in [-0.39, 0.29) is 11.7 Å². The molecule has 1 heterocycles. The van der Waals surface area contributed by atoms with Crippen LogP contribution in [0.4, 0.5) is 0 Å². The van der Waals surface area contributed by atoms with E-state index in [0.717, 1.165) is 61.3 Å². The van der Waals surface area contributed by atoms with Crippen molar-refractivity contribution >= 4 is 5.71 Å². The Morgan fingerprint density at radius 1 is 1.03 bits per heavy atom. The summed E-state index contributed by atoms with van der Waals surface area (Å²) in [7, 11) is 0. The van der Waals surface area contributed by atoms with Crippen LogP contribution in [0.25, 0.3) is 0 Å². The first-order chi connectivity index (χ1) is 14.2. The Bertz CT molecular complexity index is 889. The highest BCUT2D eigenvalue weighted by Gasteiger charge is 2.42. The SMILES string of the molecule is CCCOc1ccc(C2=NOC3(CCCC3)C2)cc1OC1Cc2ccccc2C1. The summed E-state index contributed by atoms with van der Waals surface area (Å²) in [5.41, 5.74) is 4.85. The van der Waals surface area contributed by atoms with Crippen LogP contribution in [0.1, 0.15) is 62.1 Å². The number of oxime groups is 1. The van der Waals surface area contributed by atoms with Crippen LogP contribution in [0.2, 0.25) is 0 Å². The van der Waals surface area contributed by atoms with Gasteiger partial charge in [-0.25, -0.2) is 0 Å². The van der Waals surface area contributed by atoms with Crippen molar-refractivity contribution in [2.45, 2.75) is 70.0 Å². The minimum Gasteiger partial charge on any atom is -0.490 e. The topological polar surface area (TPSA) is 40.0 Å². The van der Waals surface area contributed by atoms with Gasteiger partial charge in [-0.15, -0.1) is 0 Å². The summed E-state index contributed by atoms with van der Waals surface area (Å²) in [6.45, 7) is 2.81. The highest BCUT2D eigenvalue weighted by molar-refractivity contribution is 6.02. The maximum absolute atomic E-state index is 6.48. The van der Waals surface area contributed by atoms with Crippen molar-refractivity contribution in [3.8, 4) is 11.5 Å². The van der Waals surface area contributed by atoms with Crippen LogP contribution in [-0.2, 0) is 17.7 Å². The molecule has 0 N–H and O–H groups in total. The lowest BCUT2D eigenvalue weighted by Crippen LogP contribution is -2.24. The number of fused-ring (bicyclic) bond motifs is 1. The molecule has 0 amide bonds. The normalized spacial score (nSPS) is 19.8. The van der Waals surface area contributed by atoms with Crippen molar-refractivity contribution in [1.29, 1.82) is 0 Å². The molecule has 0 saturated heterocycles. The van der Waals surface area contributed by atoms with Crippen molar-refractivity contribution < 1.29 is 14.3 Å². The maximum atomic E-state index is 6.48. The van der Waals surface area contributed by atoms with Gasteiger partial charge in [0.05, 0.1) is 12.3 Å². The van der Waals surface area contributed by atoms with Gasteiger partial charge in [0.1, 0.15) is 11.7 Å². The van der Waals surface area contributed by atoms with Crippen molar-refractivity contribution in [3.05, 3.63) is 59.2 Å². The maximum Gasteiger partial charge on any atom is 0.162 e. The van der Waals surface area contributed by atoms with Gasteiger partial charge in [0.2, 0.25) is 0 Å². The van der Waals surface area contributed by atoms with Gasteiger partial charge in [0.15, 0.2) is 11.5 Å². The summed E-state index contributed by atoms with van der Waals surface area (Å²) in [4.78, 5) is 5.90. The first kappa shape index (κ1) is 18.5. The van der Waals surface area contributed by atoms with Gasteiger partial charge >= 0.3 is 0 Å². The third-order valence-corrected chi connectivity index (χ3v) is 6.40. The van der Waals surface area contributed by atoms with Crippen molar-refractivity contribution in [2.75, 3.05) is 6.61 Å². The molecular formula is C25H29NO3. The van der Waals surface area contributed by atoms with Gasteiger partial charge in [-0.05, 0) is 61.4 Å². The molecule has 2 aliphatic carbocycles. The van der Waals surface area contributed by atoms with Crippen LogP contribution < -0.4 is 9.47 Å². The molecular weight excluding hydrogens is 362 g/mol. The zero-order valence-electron chi connectivity index (χ0n) is 17.2. The lowest BCUT2D eigenvalue weighted by Gasteiger charge is -2.20. The zero-order chi connectivity index (χ0) is 19.7. The molecule has 152 valence electrons. The quantitative estimate of drug-likeness (QED) is 0.656. The van der Waals surface area contributed by atoms with E-state index in [0.29, 0.717) is 6.61 Å². The highest BCUT2D eigenvalue weighted by atomic mass is 16.7. The molecule has 4 heteroatoms. The van der Waals surface area contributed by atoms with Crippen LogP contribution in [0.5, 0.6) is 11.5 Å². The lowest BCUT2D eigenvalue weighted by molar-refractivity contribution is -0.0126. The molecule has 1 fully saturated rings. The fourth-order valence-corrected chi connectivity index (χ4v) is 4.86. The summed E-state index contributed by atoms with van der Waals surface area (Å²) >= 11 is 0. The molecule has 2 aromatic rings. The molecule has 29 heavy (non-hydrogen) atoms. The summed E-state index contributed by atoms with van der Waals surface area (Å²) in [5, 5.41) is 4.46. The van der Waals surface area contributed by atoms with Crippen molar-refractivity contribution in [1.82, 2.24) is 0 Å². The van der Waals surface area contributed by atoms with Gasteiger partial charge in [-0.2, -0.15) is 0 Å². The van der Waals surface area contributed by atoms with Gasteiger partial charge in [0, 0.05) is 24.8 Å². The van der Waals surface area contributed by atoms with E-state index < -0.39 is 0 Å². The van der Waals surface area contributed by atoms with E-state index in [4.69, 9.17) is 14.3 Å². The first-order valence-electron chi connectivity index (χ1n) is 11.0. The Balaban J connectivity index is 1.37. The molecule has 0 radical (unpaired) electrons. The molecule has 1 aliphatic heterocycles. The monoisotopic (exact) mass is 391 g/mol. The summed E-state index contributed by atoms with van der Waals surface area (Å²) < 4.78 is 12.5. The van der Waals surface area contributed by atoms with Gasteiger partial charge in [0.25, 0.3) is 0 Å². The fourth-order valence-electron chi connectivity index (χ4n) is 4.86. The van der Waals surface area contributed by atoms with E-state index >= 15 is 0 Å². The number of benzene rings is 2. The molecule has 0 aromatic heterocycles. The standard InChI is InChI=1S/C25H29NO3/c1-2-13-27-23-10-9-20(22-17-25(29-26-22)11-5-6-12-25)16-24(23)28-21-14-18-7-3-4-8-19(18)15-21/h3-4,7-10,16,21H,2,5-6,11-15,17H2,1H3. The minimum atomic E-state index is -0.0547. The molecule has 0 unspecified atom stereocenters. The third-order valence-electron chi connectivity index (χ3n) is 6.40. The van der Waals surface area contributed by atoms with Gasteiger partial charge < -0.3 is 14.3 Å². The highest BCUT2D eigenvalue weighted by Crippen LogP contribution is 2.42. The second kappa shape index (κ2) is 7.74. The fraction of sp³-hybridized carbons (Fsp3) is 0.480. The molecule has 5 rings (SSSR count). The number of nitrogens with zero attached hydrogens (tertiary/aromatic N) is 1. The van der Waals surface area contributed by atoms with E-state index in [1.165, 1.54) is 24.0 Å². The van der Waals surface area contributed by atoms with Crippen LogP contribution in [0, 0.1) is 0 Å². The second-order valence-electron chi connectivity index (χ2n) is 8.62. The Morgan fingerprint density at radius 2 is 1.79 bits per heavy atom. The third kappa shape index (κ3) is 3.73. The summed E-state index contributed by atoms with van der Waals surface area (Å²) in [5.74, 6) is 1.64. The predicted molar refractivity (Wildman–Crippen MR) is 114 cm³/mol. The van der Waals surface area contributed by atoms with E-state index in [2.05, 4.69) is 48.5 Å². The molecule has 0 bridgehead atoms. The van der Waals surface area contributed by atoms with E-state index in [1.807, 2.05) is 6.07 Å². The molecule has 4 nitrogen and oxygen atoms in total. The number of ether oxygens (including phenoxy) is 2. The molecule has 1 spiro atoms. The van der Waals surface area contributed by atoms with Crippen molar-refractivity contribution in [3.63, 3.8) is 0 Å². The van der Waals surface area contributed by atoms with Crippen LogP contribution in [0.15, 0.2) is 47.6 Å². The molecule has 0 atom stereocenters. The number of hydrogen-bond donors (Lipinski definition) is 0. The Kier molecular flexibility index (Phi) is 4.94. The Labute approximate surface area is 172 Å². The van der Waals surface area contributed by atoms with Crippen LogP contribution in [0.3, 0.4) is 0 Å². The number of rotatable bonds is 6. The molecule has 2 aromatic carbocycles. The van der Waals surface area contributed by atoms with Crippen LogP contribution in [-0.4, -0.2) is 24.0 Å². The van der Waals surface area contributed by atoms with Crippen molar-refractivity contribution in [2.24, 2.45) is 5.16 Å². The summed E-state index contributed by atoms with van der Waals surface area (Å²) in [6, 6.07) is 14.8. The zero-order valence-corrected chi connectivity index (χ0v) is 17.2. The van der Waals surface area contributed by atoms with E-state index in [1.54, 1.807) is 0 Å².